The normalized spacial score (nSPS) is 18.5. The van der Waals surface area contributed by atoms with Crippen LogP contribution in [0.1, 0.15) is 17.5 Å². The topological polar surface area (TPSA) is 18.5 Å². The van der Waals surface area contributed by atoms with E-state index in [-0.39, 0.29) is 0 Å². The van der Waals surface area contributed by atoms with Gasteiger partial charge in [0.2, 0.25) is 0 Å². The minimum absolute atomic E-state index is 0.686. The third kappa shape index (κ3) is 1.09. The maximum atomic E-state index is 5.52. The van der Waals surface area contributed by atoms with Crippen molar-refractivity contribution in [2.45, 2.75) is 19.3 Å². The molecule has 13 heavy (non-hydrogen) atoms. The van der Waals surface area contributed by atoms with E-state index in [0.717, 1.165) is 11.5 Å². The lowest BCUT2D eigenvalue weighted by atomic mass is 10.1. The number of rotatable bonds is 0. The van der Waals surface area contributed by atoms with Gasteiger partial charge in [0.15, 0.2) is 11.5 Å². The fraction of sp³-hybridized carbons (Fsp3) is 0.455. The van der Waals surface area contributed by atoms with Crippen molar-refractivity contribution in [1.82, 2.24) is 0 Å². The third-order valence-corrected chi connectivity index (χ3v) is 2.76. The fourth-order valence-electron chi connectivity index (χ4n) is 2.11. The Balaban J connectivity index is 2.11. The Morgan fingerprint density at radius 1 is 0.846 bits per heavy atom. The SMILES string of the molecule is c1c2c(cc3c1OCCO3)CCC2. The number of fused-ring (bicyclic) bond motifs is 2. The molecule has 0 aromatic heterocycles. The molecule has 0 amide bonds. The number of aryl methyl sites for hydroxylation is 2. The average Bonchev–Trinajstić information content (AvgIpc) is 2.61. The highest BCUT2D eigenvalue weighted by molar-refractivity contribution is 5.49. The van der Waals surface area contributed by atoms with Gasteiger partial charge in [-0.2, -0.15) is 0 Å². The van der Waals surface area contributed by atoms with E-state index in [1.807, 2.05) is 0 Å². The second-order valence-corrected chi connectivity index (χ2v) is 3.62. The summed E-state index contributed by atoms with van der Waals surface area (Å²) in [6.07, 6.45) is 3.68. The molecule has 1 aromatic rings. The second-order valence-electron chi connectivity index (χ2n) is 3.62. The second kappa shape index (κ2) is 2.66. The Morgan fingerprint density at radius 2 is 1.38 bits per heavy atom. The summed E-state index contributed by atoms with van der Waals surface area (Å²) >= 11 is 0. The third-order valence-electron chi connectivity index (χ3n) is 2.76. The van der Waals surface area contributed by atoms with E-state index < -0.39 is 0 Å². The van der Waals surface area contributed by atoms with Gasteiger partial charge in [0.25, 0.3) is 0 Å². The summed E-state index contributed by atoms with van der Waals surface area (Å²) in [7, 11) is 0. The maximum absolute atomic E-state index is 5.52. The first kappa shape index (κ1) is 7.25. The number of hydrogen-bond acceptors (Lipinski definition) is 2. The summed E-state index contributed by atoms with van der Waals surface area (Å²) in [5, 5.41) is 0. The molecule has 1 aromatic carbocycles. The minimum Gasteiger partial charge on any atom is -0.486 e. The van der Waals surface area contributed by atoms with Crippen LogP contribution < -0.4 is 9.47 Å². The summed E-state index contributed by atoms with van der Waals surface area (Å²) in [5.74, 6) is 1.87. The van der Waals surface area contributed by atoms with Crippen molar-refractivity contribution in [1.29, 1.82) is 0 Å². The van der Waals surface area contributed by atoms with Crippen LogP contribution in [0.5, 0.6) is 11.5 Å². The first-order chi connectivity index (χ1) is 6.43. The largest absolute Gasteiger partial charge is 0.486 e. The molecule has 0 saturated carbocycles. The molecule has 2 nitrogen and oxygen atoms in total. The summed E-state index contributed by atoms with van der Waals surface area (Å²) < 4.78 is 11.0. The molecule has 0 fully saturated rings. The Morgan fingerprint density at radius 3 is 1.92 bits per heavy atom. The van der Waals surface area contributed by atoms with Crippen molar-refractivity contribution in [3.05, 3.63) is 23.3 Å². The minimum atomic E-state index is 0.686. The van der Waals surface area contributed by atoms with Gasteiger partial charge in [0.05, 0.1) is 0 Å². The highest BCUT2D eigenvalue weighted by Gasteiger charge is 2.18. The first-order valence-corrected chi connectivity index (χ1v) is 4.85. The van der Waals surface area contributed by atoms with Crippen LogP contribution in [0.15, 0.2) is 12.1 Å². The Bertz CT molecular complexity index is 311. The molecule has 0 N–H and O–H groups in total. The fourth-order valence-corrected chi connectivity index (χ4v) is 2.11. The molecule has 1 aliphatic carbocycles. The van der Waals surface area contributed by atoms with Gasteiger partial charge in [-0.15, -0.1) is 0 Å². The predicted octanol–water partition coefficient (Wildman–Crippen LogP) is 1.95. The van der Waals surface area contributed by atoms with Gasteiger partial charge in [-0.3, -0.25) is 0 Å². The van der Waals surface area contributed by atoms with E-state index in [9.17, 15) is 0 Å². The van der Waals surface area contributed by atoms with Gasteiger partial charge in [-0.1, -0.05) is 0 Å². The molecular formula is C11H12O2. The molecule has 0 unspecified atom stereocenters. The van der Waals surface area contributed by atoms with Crippen LogP contribution in [0.25, 0.3) is 0 Å². The summed E-state index contributed by atoms with van der Waals surface area (Å²) in [4.78, 5) is 0. The van der Waals surface area contributed by atoms with E-state index in [4.69, 9.17) is 9.47 Å². The van der Waals surface area contributed by atoms with E-state index in [0.29, 0.717) is 13.2 Å². The van der Waals surface area contributed by atoms with Crippen molar-refractivity contribution in [2.75, 3.05) is 13.2 Å². The lowest BCUT2D eigenvalue weighted by Crippen LogP contribution is -2.15. The number of ether oxygens (including phenoxy) is 2. The molecule has 0 radical (unpaired) electrons. The van der Waals surface area contributed by atoms with Crippen LogP contribution in [0.4, 0.5) is 0 Å². The Labute approximate surface area is 77.5 Å². The van der Waals surface area contributed by atoms with Gasteiger partial charge >= 0.3 is 0 Å². The summed E-state index contributed by atoms with van der Waals surface area (Å²) in [5.41, 5.74) is 2.90. The standard InChI is InChI=1S/C11H12O2/c1-2-8-6-10-11(7-9(8)3-1)13-5-4-12-10/h6-7H,1-5H2. The quantitative estimate of drug-likeness (QED) is 0.601. The molecule has 0 saturated heterocycles. The van der Waals surface area contributed by atoms with Crippen LogP contribution in [-0.4, -0.2) is 13.2 Å². The van der Waals surface area contributed by atoms with Crippen LogP contribution in [0.2, 0.25) is 0 Å². The molecule has 1 aliphatic heterocycles. The molecular weight excluding hydrogens is 164 g/mol. The van der Waals surface area contributed by atoms with Gasteiger partial charge in [-0.05, 0) is 42.5 Å². The van der Waals surface area contributed by atoms with E-state index in [1.165, 1.54) is 30.4 Å². The Kier molecular flexibility index (Phi) is 1.48. The summed E-state index contributed by atoms with van der Waals surface area (Å²) in [6.45, 7) is 1.37. The van der Waals surface area contributed by atoms with E-state index >= 15 is 0 Å². The summed E-state index contributed by atoms with van der Waals surface area (Å²) in [6, 6.07) is 4.30. The molecule has 0 spiro atoms. The molecule has 0 atom stereocenters. The molecule has 68 valence electrons. The monoisotopic (exact) mass is 176 g/mol. The van der Waals surface area contributed by atoms with Crippen molar-refractivity contribution in [3.8, 4) is 11.5 Å². The van der Waals surface area contributed by atoms with Crippen LogP contribution in [-0.2, 0) is 12.8 Å². The smallest absolute Gasteiger partial charge is 0.161 e. The average molecular weight is 176 g/mol. The lowest BCUT2D eigenvalue weighted by molar-refractivity contribution is 0.171. The maximum Gasteiger partial charge on any atom is 0.161 e. The van der Waals surface area contributed by atoms with Crippen molar-refractivity contribution >= 4 is 0 Å². The van der Waals surface area contributed by atoms with Crippen molar-refractivity contribution in [2.24, 2.45) is 0 Å². The van der Waals surface area contributed by atoms with Gasteiger partial charge in [0, 0.05) is 0 Å². The highest BCUT2D eigenvalue weighted by atomic mass is 16.6. The number of hydrogen-bond donors (Lipinski definition) is 0. The highest BCUT2D eigenvalue weighted by Crippen LogP contribution is 2.36. The van der Waals surface area contributed by atoms with Crippen LogP contribution in [0, 0.1) is 0 Å². The van der Waals surface area contributed by atoms with Gasteiger partial charge in [0.1, 0.15) is 13.2 Å². The van der Waals surface area contributed by atoms with Crippen molar-refractivity contribution in [3.63, 3.8) is 0 Å². The van der Waals surface area contributed by atoms with Crippen molar-refractivity contribution < 1.29 is 9.47 Å². The molecule has 2 heteroatoms. The van der Waals surface area contributed by atoms with E-state index in [1.54, 1.807) is 0 Å². The van der Waals surface area contributed by atoms with Crippen LogP contribution >= 0.6 is 0 Å². The zero-order valence-electron chi connectivity index (χ0n) is 7.51. The molecule has 1 heterocycles. The first-order valence-electron chi connectivity index (χ1n) is 4.85. The Hall–Kier alpha value is -1.18. The molecule has 2 aliphatic rings. The van der Waals surface area contributed by atoms with Gasteiger partial charge < -0.3 is 9.47 Å². The zero-order chi connectivity index (χ0) is 8.67. The van der Waals surface area contributed by atoms with E-state index in [2.05, 4.69) is 12.1 Å². The molecule has 0 bridgehead atoms. The lowest BCUT2D eigenvalue weighted by Gasteiger charge is -2.19. The zero-order valence-corrected chi connectivity index (χ0v) is 7.51. The number of benzene rings is 1. The molecule has 3 rings (SSSR count). The predicted molar refractivity (Wildman–Crippen MR) is 49.5 cm³/mol. The van der Waals surface area contributed by atoms with Crippen LogP contribution in [0.3, 0.4) is 0 Å². The van der Waals surface area contributed by atoms with Gasteiger partial charge in [-0.25, -0.2) is 0 Å².